The molecule has 0 aliphatic heterocycles. The monoisotopic (exact) mass is 273 g/mol. The highest BCUT2D eigenvalue weighted by atomic mass is 35.5. The van der Waals surface area contributed by atoms with E-state index in [4.69, 9.17) is 23.2 Å². The maximum atomic E-state index is 12.0. The van der Waals surface area contributed by atoms with Crippen LogP contribution in [0.2, 0.25) is 10.3 Å². The van der Waals surface area contributed by atoms with E-state index in [1.54, 1.807) is 0 Å². The minimum absolute atomic E-state index is 0.0811. The zero-order chi connectivity index (χ0) is 12.4. The van der Waals surface area contributed by atoms with Gasteiger partial charge >= 0.3 is 0 Å². The summed E-state index contributed by atoms with van der Waals surface area (Å²) in [5.41, 5.74) is 0.283. The van der Waals surface area contributed by atoms with E-state index in [9.17, 15) is 4.79 Å². The molecule has 1 heterocycles. The molecule has 0 saturated heterocycles. The van der Waals surface area contributed by atoms with Crippen LogP contribution in [0.15, 0.2) is 6.07 Å². The number of amides is 1. The maximum absolute atomic E-state index is 12.0. The lowest BCUT2D eigenvalue weighted by Gasteiger charge is -2.17. The molecule has 0 aromatic carbocycles. The molecule has 17 heavy (non-hydrogen) atoms. The van der Waals surface area contributed by atoms with Gasteiger partial charge in [-0.3, -0.25) is 4.79 Å². The van der Waals surface area contributed by atoms with Crippen molar-refractivity contribution >= 4 is 29.1 Å². The van der Waals surface area contributed by atoms with Crippen molar-refractivity contribution in [3.8, 4) is 0 Å². The Hall–Kier alpha value is -0.870. The summed E-state index contributed by atoms with van der Waals surface area (Å²) in [6.45, 7) is 2.14. The number of carbonyl (C=O) groups is 1. The van der Waals surface area contributed by atoms with E-state index in [0.717, 1.165) is 19.3 Å². The molecule has 1 aliphatic rings. The molecule has 1 amide bonds. The van der Waals surface area contributed by atoms with E-state index in [0.29, 0.717) is 5.92 Å². The number of halogens is 2. The fourth-order valence-corrected chi connectivity index (χ4v) is 2.44. The van der Waals surface area contributed by atoms with Crippen molar-refractivity contribution in [3.63, 3.8) is 0 Å². The van der Waals surface area contributed by atoms with Crippen molar-refractivity contribution in [2.75, 3.05) is 0 Å². The highest BCUT2D eigenvalue weighted by Crippen LogP contribution is 2.25. The summed E-state index contributed by atoms with van der Waals surface area (Å²) in [6.07, 6.45) is 3.31. The quantitative estimate of drug-likeness (QED) is 0.902. The lowest BCUT2D eigenvalue weighted by molar-refractivity contribution is 0.0929. The summed E-state index contributed by atoms with van der Waals surface area (Å²) in [4.78, 5) is 12.0. The van der Waals surface area contributed by atoms with E-state index < -0.39 is 0 Å². The van der Waals surface area contributed by atoms with Gasteiger partial charge in [0.2, 0.25) is 0 Å². The van der Waals surface area contributed by atoms with Crippen LogP contribution in [0.25, 0.3) is 0 Å². The molecule has 1 aliphatic carbocycles. The van der Waals surface area contributed by atoms with Crippen molar-refractivity contribution in [2.24, 2.45) is 5.92 Å². The first-order valence-corrected chi connectivity index (χ1v) is 6.33. The Bertz CT molecular complexity index is 439. The van der Waals surface area contributed by atoms with Gasteiger partial charge < -0.3 is 5.32 Å². The van der Waals surface area contributed by atoms with Crippen LogP contribution in [0.1, 0.15) is 36.5 Å². The van der Waals surface area contributed by atoms with Crippen molar-refractivity contribution in [2.45, 2.75) is 32.2 Å². The highest BCUT2D eigenvalue weighted by Gasteiger charge is 2.26. The molecule has 0 spiro atoms. The molecule has 1 aromatic rings. The van der Waals surface area contributed by atoms with Crippen LogP contribution in [0, 0.1) is 5.92 Å². The van der Waals surface area contributed by atoms with E-state index in [-0.39, 0.29) is 27.8 Å². The minimum atomic E-state index is -0.231. The van der Waals surface area contributed by atoms with Gasteiger partial charge in [-0.1, -0.05) is 36.5 Å². The molecule has 1 fully saturated rings. The van der Waals surface area contributed by atoms with Gasteiger partial charge in [0.25, 0.3) is 5.91 Å². The zero-order valence-corrected chi connectivity index (χ0v) is 10.9. The molecule has 2 rings (SSSR count). The van der Waals surface area contributed by atoms with Crippen LogP contribution in [0.4, 0.5) is 0 Å². The van der Waals surface area contributed by atoms with Crippen molar-refractivity contribution in [1.29, 1.82) is 0 Å². The molecule has 92 valence electrons. The topological polar surface area (TPSA) is 54.9 Å². The third kappa shape index (κ3) is 2.87. The number of hydrogen-bond acceptors (Lipinski definition) is 3. The predicted molar refractivity (Wildman–Crippen MR) is 66.3 cm³/mol. The molecule has 4 nitrogen and oxygen atoms in total. The summed E-state index contributed by atoms with van der Waals surface area (Å²) < 4.78 is 0. The first kappa shape index (κ1) is 12.6. The number of nitrogens with zero attached hydrogens (tertiary/aromatic N) is 2. The second-order valence-electron chi connectivity index (χ2n) is 4.36. The standard InChI is InChI=1S/C11H13Cl2N3O/c1-6-3-2-4-8(6)14-11(17)7-5-9(12)15-16-10(7)13/h5-6,8H,2-4H2,1H3,(H,14,17). The molecule has 0 bridgehead atoms. The highest BCUT2D eigenvalue weighted by molar-refractivity contribution is 6.34. The molecular formula is C11H13Cl2N3O. The summed E-state index contributed by atoms with van der Waals surface area (Å²) in [6, 6.07) is 1.65. The normalized spacial score (nSPS) is 23.7. The predicted octanol–water partition coefficient (Wildman–Crippen LogP) is 2.70. The van der Waals surface area contributed by atoms with Crippen molar-refractivity contribution in [3.05, 3.63) is 21.9 Å². The maximum Gasteiger partial charge on any atom is 0.254 e. The smallest absolute Gasteiger partial charge is 0.254 e. The first-order valence-electron chi connectivity index (χ1n) is 5.57. The van der Waals surface area contributed by atoms with Gasteiger partial charge in [-0.15, -0.1) is 10.2 Å². The Morgan fingerprint density at radius 1 is 1.41 bits per heavy atom. The Morgan fingerprint density at radius 2 is 2.18 bits per heavy atom. The second kappa shape index (κ2) is 5.19. The lowest BCUT2D eigenvalue weighted by atomic mass is 10.1. The molecule has 2 atom stereocenters. The Morgan fingerprint density at radius 3 is 2.82 bits per heavy atom. The summed E-state index contributed by atoms with van der Waals surface area (Å²) in [5.74, 6) is 0.272. The number of carbonyl (C=O) groups excluding carboxylic acids is 1. The first-order chi connectivity index (χ1) is 8.08. The molecular weight excluding hydrogens is 261 g/mol. The van der Waals surface area contributed by atoms with Crippen LogP contribution in [-0.4, -0.2) is 22.1 Å². The van der Waals surface area contributed by atoms with Gasteiger partial charge in [0.1, 0.15) is 0 Å². The SMILES string of the molecule is CC1CCCC1NC(=O)c1cc(Cl)nnc1Cl. The summed E-state index contributed by atoms with van der Waals surface area (Å²) in [5, 5.41) is 10.4. The Balaban J connectivity index is 2.11. The summed E-state index contributed by atoms with van der Waals surface area (Å²) >= 11 is 11.5. The van der Waals surface area contributed by atoms with Gasteiger partial charge in [-0.05, 0) is 24.8 Å². The molecule has 2 unspecified atom stereocenters. The van der Waals surface area contributed by atoms with Gasteiger partial charge in [0.15, 0.2) is 10.3 Å². The van der Waals surface area contributed by atoms with Crippen molar-refractivity contribution in [1.82, 2.24) is 15.5 Å². The van der Waals surface area contributed by atoms with Crippen LogP contribution < -0.4 is 5.32 Å². The third-order valence-corrected chi connectivity index (χ3v) is 3.61. The fraction of sp³-hybridized carbons (Fsp3) is 0.545. The molecule has 0 radical (unpaired) electrons. The summed E-state index contributed by atoms with van der Waals surface area (Å²) in [7, 11) is 0. The number of rotatable bonds is 2. The largest absolute Gasteiger partial charge is 0.349 e. The second-order valence-corrected chi connectivity index (χ2v) is 5.10. The third-order valence-electron chi connectivity index (χ3n) is 3.14. The van der Waals surface area contributed by atoms with E-state index in [1.165, 1.54) is 6.07 Å². The van der Waals surface area contributed by atoms with Gasteiger partial charge in [-0.25, -0.2) is 0 Å². The fourth-order valence-electron chi connectivity index (χ4n) is 2.12. The average Bonchev–Trinajstić information content (AvgIpc) is 2.68. The number of hydrogen-bond donors (Lipinski definition) is 1. The zero-order valence-electron chi connectivity index (χ0n) is 9.41. The van der Waals surface area contributed by atoms with Crippen molar-refractivity contribution < 1.29 is 4.79 Å². The van der Waals surface area contributed by atoms with Gasteiger partial charge in [-0.2, -0.15) is 0 Å². The number of aromatic nitrogens is 2. The molecule has 1 saturated carbocycles. The van der Waals surface area contributed by atoms with Crippen LogP contribution >= 0.6 is 23.2 Å². The number of nitrogens with one attached hydrogen (secondary N) is 1. The minimum Gasteiger partial charge on any atom is -0.349 e. The average molecular weight is 274 g/mol. The lowest BCUT2D eigenvalue weighted by Crippen LogP contribution is -2.36. The molecule has 1 N–H and O–H groups in total. The van der Waals surface area contributed by atoms with Gasteiger partial charge in [0, 0.05) is 6.04 Å². The molecule has 6 heteroatoms. The van der Waals surface area contributed by atoms with Crippen LogP contribution in [0.3, 0.4) is 0 Å². The molecule has 1 aromatic heterocycles. The Labute approximate surface area is 110 Å². The Kier molecular flexibility index (Phi) is 3.84. The van der Waals surface area contributed by atoms with Crippen LogP contribution in [-0.2, 0) is 0 Å². The van der Waals surface area contributed by atoms with E-state index >= 15 is 0 Å². The van der Waals surface area contributed by atoms with Gasteiger partial charge in [0.05, 0.1) is 5.56 Å². The van der Waals surface area contributed by atoms with E-state index in [2.05, 4.69) is 22.4 Å². The van der Waals surface area contributed by atoms with E-state index in [1.807, 2.05) is 0 Å². The van der Waals surface area contributed by atoms with Crippen LogP contribution in [0.5, 0.6) is 0 Å².